The molecule has 0 saturated carbocycles. The smallest absolute Gasteiger partial charge is 0.221 e. The summed E-state index contributed by atoms with van der Waals surface area (Å²) in [4.78, 5) is 19.9. The normalized spacial score (nSPS) is 11.4. The molecule has 0 spiro atoms. The molecular weight excluding hydrogens is 242 g/mol. The molecule has 2 rings (SSSR count). The van der Waals surface area contributed by atoms with Crippen LogP contribution in [-0.4, -0.2) is 22.9 Å². The van der Waals surface area contributed by atoms with E-state index in [4.69, 9.17) is 4.74 Å². The summed E-state index contributed by atoms with van der Waals surface area (Å²) in [5.41, 5.74) is 0.598. The molecule has 0 saturated heterocycles. The predicted octanol–water partition coefficient (Wildman–Crippen LogP) is 1.98. The van der Waals surface area contributed by atoms with Crippen molar-refractivity contribution in [3.05, 3.63) is 54.1 Å². The van der Waals surface area contributed by atoms with Crippen molar-refractivity contribution in [2.24, 2.45) is 0 Å². The first kappa shape index (κ1) is 12.7. The van der Waals surface area contributed by atoms with Gasteiger partial charge >= 0.3 is 0 Å². The number of hydrogen-bond acceptors (Lipinski definition) is 5. The molecule has 0 radical (unpaired) electrons. The largest absolute Gasteiger partial charge is 0.497 e. The Balaban J connectivity index is 2.30. The van der Waals surface area contributed by atoms with Gasteiger partial charge in [-0.25, -0.2) is 9.97 Å². The third kappa shape index (κ3) is 2.75. The number of nitrogens with zero attached hydrogens (tertiary/aromatic N) is 3. The number of Topliss-reactive ketones (excluding diaryl/α,β-unsaturated/α-hetero) is 1. The average molecular weight is 253 g/mol. The van der Waals surface area contributed by atoms with Gasteiger partial charge in [-0.1, -0.05) is 12.1 Å². The predicted molar refractivity (Wildman–Crippen MR) is 67.7 cm³/mol. The van der Waals surface area contributed by atoms with Crippen molar-refractivity contribution in [2.75, 3.05) is 7.11 Å². The molecular formula is C14H11N3O2. The fourth-order valence-electron chi connectivity index (χ4n) is 1.64. The number of ketones is 1. The Hall–Kier alpha value is -2.74. The fourth-order valence-corrected chi connectivity index (χ4v) is 1.64. The summed E-state index contributed by atoms with van der Waals surface area (Å²) >= 11 is 0. The standard InChI is InChI=1S/C14H11N3O2/c1-19-11-5-3-10(4-6-11)12(9-15)13(18)14-16-7-2-8-17-14/h2-8,12H,1H3. The topological polar surface area (TPSA) is 75.9 Å². The molecule has 94 valence electrons. The van der Waals surface area contributed by atoms with Crippen LogP contribution in [-0.2, 0) is 0 Å². The number of benzene rings is 1. The first-order valence-electron chi connectivity index (χ1n) is 5.61. The van der Waals surface area contributed by atoms with Crippen molar-refractivity contribution in [2.45, 2.75) is 5.92 Å². The van der Waals surface area contributed by atoms with Crippen LogP contribution in [0.3, 0.4) is 0 Å². The number of carbonyl (C=O) groups is 1. The summed E-state index contributed by atoms with van der Waals surface area (Å²) in [5.74, 6) is -0.602. The summed E-state index contributed by atoms with van der Waals surface area (Å²) in [7, 11) is 1.56. The number of rotatable bonds is 4. The minimum Gasteiger partial charge on any atom is -0.497 e. The minimum absolute atomic E-state index is 0.0462. The van der Waals surface area contributed by atoms with Gasteiger partial charge in [0.25, 0.3) is 0 Å². The Labute approximate surface area is 110 Å². The molecule has 0 bridgehead atoms. The average Bonchev–Trinajstić information content (AvgIpc) is 2.49. The van der Waals surface area contributed by atoms with Crippen LogP contribution < -0.4 is 4.74 Å². The zero-order valence-corrected chi connectivity index (χ0v) is 10.3. The van der Waals surface area contributed by atoms with Crippen LogP contribution >= 0.6 is 0 Å². The highest BCUT2D eigenvalue weighted by atomic mass is 16.5. The monoisotopic (exact) mass is 253 g/mol. The van der Waals surface area contributed by atoms with Crippen molar-refractivity contribution in [3.63, 3.8) is 0 Å². The van der Waals surface area contributed by atoms with Crippen molar-refractivity contribution in [1.82, 2.24) is 9.97 Å². The summed E-state index contributed by atoms with van der Waals surface area (Å²) in [6.45, 7) is 0. The van der Waals surface area contributed by atoms with E-state index in [9.17, 15) is 10.1 Å². The third-order valence-corrected chi connectivity index (χ3v) is 2.63. The number of methoxy groups -OCH3 is 1. The first-order chi connectivity index (χ1) is 9.26. The van der Waals surface area contributed by atoms with Crippen molar-refractivity contribution >= 4 is 5.78 Å². The Morgan fingerprint density at radius 1 is 1.26 bits per heavy atom. The second kappa shape index (κ2) is 5.74. The van der Waals surface area contributed by atoms with Gasteiger partial charge in [0.05, 0.1) is 13.2 Å². The fraction of sp³-hybridized carbons (Fsp3) is 0.143. The Bertz CT molecular complexity index is 603. The first-order valence-corrected chi connectivity index (χ1v) is 5.61. The van der Waals surface area contributed by atoms with Crippen LogP contribution in [0.5, 0.6) is 5.75 Å². The maximum atomic E-state index is 12.2. The third-order valence-electron chi connectivity index (χ3n) is 2.63. The summed E-state index contributed by atoms with van der Waals surface area (Å²) in [5, 5.41) is 9.18. The second-order valence-electron chi connectivity index (χ2n) is 3.77. The van der Waals surface area contributed by atoms with E-state index < -0.39 is 11.7 Å². The van der Waals surface area contributed by atoms with Gasteiger partial charge in [0.2, 0.25) is 5.78 Å². The molecule has 1 heterocycles. The SMILES string of the molecule is COc1ccc(C(C#N)C(=O)c2ncccn2)cc1. The van der Waals surface area contributed by atoms with E-state index in [1.54, 1.807) is 37.4 Å². The molecule has 1 unspecified atom stereocenters. The van der Waals surface area contributed by atoms with E-state index in [-0.39, 0.29) is 5.82 Å². The van der Waals surface area contributed by atoms with Crippen LogP contribution in [0.25, 0.3) is 0 Å². The van der Waals surface area contributed by atoms with Gasteiger partial charge in [0, 0.05) is 12.4 Å². The van der Waals surface area contributed by atoms with Crippen LogP contribution in [0.15, 0.2) is 42.7 Å². The van der Waals surface area contributed by atoms with E-state index in [1.807, 2.05) is 6.07 Å². The van der Waals surface area contributed by atoms with Gasteiger partial charge in [0.15, 0.2) is 5.82 Å². The summed E-state index contributed by atoms with van der Waals surface area (Å²) in [6, 6.07) is 10.4. The molecule has 19 heavy (non-hydrogen) atoms. The molecule has 0 fully saturated rings. The quantitative estimate of drug-likeness (QED) is 0.778. The molecule has 0 aliphatic heterocycles. The molecule has 0 aliphatic carbocycles. The van der Waals surface area contributed by atoms with Gasteiger partial charge in [-0.15, -0.1) is 0 Å². The number of aromatic nitrogens is 2. The molecule has 1 aromatic heterocycles. The van der Waals surface area contributed by atoms with E-state index in [0.29, 0.717) is 11.3 Å². The molecule has 1 atom stereocenters. The van der Waals surface area contributed by atoms with Gasteiger partial charge < -0.3 is 4.74 Å². The number of carbonyl (C=O) groups excluding carboxylic acids is 1. The molecule has 0 amide bonds. The number of hydrogen-bond donors (Lipinski definition) is 0. The Morgan fingerprint density at radius 2 is 1.89 bits per heavy atom. The van der Waals surface area contributed by atoms with Crippen LogP contribution in [0, 0.1) is 11.3 Å². The maximum absolute atomic E-state index is 12.2. The lowest BCUT2D eigenvalue weighted by atomic mass is 9.95. The Kier molecular flexibility index (Phi) is 3.84. The van der Waals surface area contributed by atoms with Crippen LogP contribution in [0.1, 0.15) is 22.1 Å². The highest BCUT2D eigenvalue weighted by molar-refractivity contribution is 5.99. The van der Waals surface area contributed by atoms with Crippen molar-refractivity contribution in [1.29, 1.82) is 5.26 Å². The molecule has 0 N–H and O–H groups in total. The van der Waals surface area contributed by atoms with E-state index in [1.165, 1.54) is 12.4 Å². The van der Waals surface area contributed by atoms with Crippen LogP contribution in [0.2, 0.25) is 0 Å². The maximum Gasteiger partial charge on any atom is 0.221 e. The zero-order chi connectivity index (χ0) is 13.7. The number of ether oxygens (including phenoxy) is 1. The second-order valence-corrected chi connectivity index (χ2v) is 3.77. The van der Waals surface area contributed by atoms with E-state index in [0.717, 1.165) is 0 Å². The van der Waals surface area contributed by atoms with Gasteiger partial charge in [-0.2, -0.15) is 5.26 Å². The van der Waals surface area contributed by atoms with Crippen molar-refractivity contribution in [3.8, 4) is 11.8 Å². The zero-order valence-electron chi connectivity index (χ0n) is 10.3. The van der Waals surface area contributed by atoms with E-state index >= 15 is 0 Å². The summed E-state index contributed by atoms with van der Waals surface area (Å²) < 4.78 is 5.04. The van der Waals surface area contributed by atoms with Crippen LogP contribution in [0.4, 0.5) is 0 Å². The molecule has 5 nitrogen and oxygen atoms in total. The highest BCUT2D eigenvalue weighted by Gasteiger charge is 2.23. The lowest BCUT2D eigenvalue weighted by Gasteiger charge is -2.08. The molecule has 2 aromatic rings. The molecule has 0 aliphatic rings. The van der Waals surface area contributed by atoms with Gasteiger partial charge in [-0.3, -0.25) is 4.79 Å². The van der Waals surface area contributed by atoms with Crippen molar-refractivity contribution < 1.29 is 9.53 Å². The van der Waals surface area contributed by atoms with Gasteiger partial charge in [-0.05, 0) is 23.8 Å². The minimum atomic E-state index is -0.909. The van der Waals surface area contributed by atoms with Gasteiger partial charge in [0.1, 0.15) is 11.7 Å². The lowest BCUT2D eigenvalue weighted by Crippen LogP contribution is -2.14. The molecule has 5 heteroatoms. The summed E-state index contributed by atoms with van der Waals surface area (Å²) in [6.07, 6.45) is 2.95. The van der Waals surface area contributed by atoms with E-state index in [2.05, 4.69) is 9.97 Å². The number of nitriles is 1. The molecule has 1 aromatic carbocycles. The highest BCUT2D eigenvalue weighted by Crippen LogP contribution is 2.21. The Morgan fingerprint density at radius 3 is 2.42 bits per heavy atom. The lowest BCUT2D eigenvalue weighted by molar-refractivity contribution is 0.0968.